The lowest BCUT2D eigenvalue weighted by molar-refractivity contribution is -0.202. The second-order valence-electron chi connectivity index (χ2n) is 11.4. The molecule has 4 rings (SSSR count). The molecule has 184 valence electrons. The second kappa shape index (κ2) is 8.06. The first-order valence-corrected chi connectivity index (χ1v) is 13.2. The van der Waals surface area contributed by atoms with Crippen LogP contribution in [-0.2, 0) is 19.1 Å². The van der Waals surface area contributed by atoms with Crippen molar-refractivity contribution in [2.45, 2.75) is 89.7 Å². The van der Waals surface area contributed by atoms with Crippen LogP contribution in [0, 0.1) is 34.5 Å². The number of aliphatic hydroxyl groups excluding tert-OH is 1. The molecule has 4 aliphatic carbocycles. The topological polar surface area (TPSA) is 80.7 Å². The van der Waals surface area contributed by atoms with Crippen LogP contribution in [0.3, 0.4) is 0 Å². The number of ketones is 2. The molecule has 0 amide bonds. The highest BCUT2D eigenvalue weighted by Gasteiger charge is 2.76. The van der Waals surface area contributed by atoms with Crippen molar-refractivity contribution < 1.29 is 24.2 Å². The third-order valence-electron chi connectivity index (χ3n) is 10.0. The fourth-order valence-electron chi connectivity index (χ4n) is 8.51. The van der Waals surface area contributed by atoms with E-state index in [0.717, 1.165) is 12.0 Å². The van der Waals surface area contributed by atoms with Crippen molar-refractivity contribution >= 4 is 40.7 Å². The summed E-state index contributed by atoms with van der Waals surface area (Å²) in [5.74, 6) is -1.08. The van der Waals surface area contributed by atoms with Crippen LogP contribution in [-0.4, -0.2) is 45.1 Å². The first kappa shape index (κ1) is 25.2. The standard InChI is InChI=1S/C26H36Cl2O5/c1-6-22(32)33-26(21(31)13-27)15(3)10-18-19-9-14(2)17-11-16(29)7-8-23(17,4)25(19,28)20(30)12-24(18,26)5/h11,14-15,18-20,30H,6-10,12-13H2,1-5H3/t14?,15-,18-,19-,20-,23-,24-,25-,26-/m0/s1. The van der Waals surface area contributed by atoms with E-state index in [-0.39, 0.29) is 54.0 Å². The average molecular weight is 499 g/mol. The summed E-state index contributed by atoms with van der Waals surface area (Å²) in [6.07, 6.45) is 3.65. The summed E-state index contributed by atoms with van der Waals surface area (Å²) in [4.78, 5) is 37.3. The fraction of sp³-hybridized carbons (Fsp3) is 0.808. The number of carbonyl (C=O) groups excluding carboxylic acids is 3. The number of hydrogen-bond acceptors (Lipinski definition) is 5. The highest BCUT2D eigenvalue weighted by molar-refractivity contribution is 6.29. The molecule has 0 aromatic carbocycles. The SMILES string of the molecule is CCC(=O)O[C@]1(C(=O)CCl)[C@@H](C)C[C@H]2[C@@H]3CC(C)C4=CC(=O)CC[C@]4(C)[C@@]3(Cl)[C@@H](O)C[C@@]21C. The number of fused-ring (bicyclic) bond motifs is 5. The molecule has 1 N–H and O–H groups in total. The molecule has 3 fully saturated rings. The number of Topliss-reactive ketones (excluding diaryl/α,β-unsaturated/α-hetero) is 1. The summed E-state index contributed by atoms with van der Waals surface area (Å²) >= 11 is 13.6. The Morgan fingerprint density at radius 1 is 1.21 bits per heavy atom. The average Bonchev–Trinajstić information content (AvgIpc) is 2.98. The number of halogens is 2. The number of aliphatic hydroxyl groups is 1. The smallest absolute Gasteiger partial charge is 0.306 e. The van der Waals surface area contributed by atoms with E-state index in [9.17, 15) is 19.5 Å². The van der Waals surface area contributed by atoms with E-state index in [2.05, 4.69) is 13.8 Å². The highest BCUT2D eigenvalue weighted by atomic mass is 35.5. The van der Waals surface area contributed by atoms with E-state index in [4.69, 9.17) is 27.9 Å². The lowest BCUT2D eigenvalue weighted by atomic mass is 9.43. The van der Waals surface area contributed by atoms with E-state index in [1.54, 1.807) is 13.0 Å². The van der Waals surface area contributed by atoms with Crippen molar-refractivity contribution in [3.8, 4) is 0 Å². The summed E-state index contributed by atoms with van der Waals surface area (Å²) in [5, 5.41) is 11.8. The molecule has 1 unspecified atom stereocenters. The van der Waals surface area contributed by atoms with Crippen LogP contribution in [0.5, 0.6) is 0 Å². The van der Waals surface area contributed by atoms with Gasteiger partial charge in [-0.05, 0) is 49.5 Å². The van der Waals surface area contributed by atoms with Crippen LogP contribution in [0.4, 0.5) is 0 Å². The van der Waals surface area contributed by atoms with Gasteiger partial charge in [-0.25, -0.2) is 0 Å². The molecule has 0 aromatic heterocycles. The molecule has 0 heterocycles. The molecular weight excluding hydrogens is 463 g/mol. The maximum absolute atomic E-state index is 13.4. The molecule has 0 bridgehead atoms. The highest BCUT2D eigenvalue weighted by Crippen LogP contribution is 2.73. The lowest BCUT2D eigenvalue weighted by Gasteiger charge is -2.66. The maximum Gasteiger partial charge on any atom is 0.306 e. The quantitative estimate of drug-likeness (QED) is 0.442. The zero-order valence-corrected chi connectivity index (χ0v) is 21.8. The number of alkyl halides is 2. The van der Waals surface area contributed by atoms with Crippen LogP contribution in [0.25, 0.3) is 0 Å². The Kier molecular flexibility index (Phi) is 6.15. The Balaban J connectivity index is 1.87. The number of ether oxygens (including phenoxy) is 1. The zero-order chi connectivity index (χ0) is 24.6. The summed E-state index contributed by atoms with van der Waals surface area (Å²) in [7, 11) is 0. The number of carbonyl (C=O) groups is 3. The van der Waals surface area contributed by atoms with Crippen LogP contribution in [0.15, 0.2) is 11.6 Å². The van der Waals surface area contributed by atoms with Gasteiger partial charge in [-0.15, -0.1) is 23.2 Å². The molecule has 33 heavy (non-hydrogen) atoms. The van der Waals surface area contributed by atoms with E-state index in [1.807, 2.05) is 13.8 Å². The molecule has 3 saturated carbocycles. The molecule has 7 heteroatoms. The number of rotatable bonds is 4. The van der Waals surface area contributed by atoms with E-state index in [0.29, 0.717) is 19.3 Å². The van der Waals surface area contributed by atoms with Crippen LogP contribution < -0.4 is 0 Å². The Hall–Kier alpha value is -0.910. The van der Waals surface area contributed by atoms with Crippen molar-refractivity contribution in [1.29, 1.82) is 0 Å². The van der Waals surface area contributed by atoms with Crippen molar-refractivity contribution in [2.75, 3.05) is 5.88 Å². The summed E-state index contributed by atoms with van der Waals surface area (Å²) in [5.41, 5.74) is -1.64. The number of allylic oxidation sites excluding steroid dienone is 1. The van der Waals surface area contributed by atoms with Gasteiger partial charge in [0.25, 0.3) is 0 Å². The summed E-state index contributed by atoms with van der Waals surface area (Å²) < 4.78 is 6.04. The maximum atomic E-state index is 13.4. The largest absolute Gasteiger partial charge is 0.450 e. The molecule has 0 saturated heterocycles. The predicted molar refractivity (Wildman–Crippen MR) is 127 cm³/mol. The minimum absolute atomic E-state index is 0.0244. The summed E-state index contributed by atoms with van der Waals surface area (Å²) in [6.45, 7) is 9.88. The second-order valence-corrected chi connectivity index (χ2v) is 12.3. The van der Waals surface area contributed by atoms with Crippen molar-refractivity contribution in [3.05, 3.63) is 11.6 Å². The van der Waals surface area contributed by atoms with Gasteiger partial charge in [-0.3, -0.25) is 14.4 Å². The Morgan fingerprint density at radius 2 is 1.88 bits per heavy atom. The number of esters is 1. The minimum atomic E-state index is -1.38. The van der Waals surface area contributed by atoms with Gasteiger partial charge >= 0.3 is 5.97 Å². The molecule has 0 aromatic rings. The Bertz CT molecular complexity index is 916. The van der Waals surface area contributed by atoms with E-state index < -0.39 is 33.4 Å². The van der Waals surface area contributed by atoms with Gasteiger partial charge in [0.2, 0.25) is 0 Å². The Morgan fingerprint density at radius 3 is 2.48 bits per heavy atom. The van der Waals surface area contributed by atoms with E-state index in [1.165, 1.54) is 0 Å². The zero-order valence-electron chi connectivity index (χ0n) is 20.2. The monoisotopic (exact) mass is 498 g/mol. The van der Waals surface area contributed by atoms with Gasteiger partial charge in [0.1, 0.15) is 0 Å². The van der Waals surface area contributed by atoms with Crippen molar-refractivity contribution in [2.24, 2.45) is 34.5 Å². The van der Waals surface area contributed by atoms with E-state index >= 15 is 0 Å². The molecular formula is C26H36Cl2O5. The van der Waals surface area contributed by atoms with Gasteiger partial charge in [0, 0.05) is 29.6 Å². The minimum Gasteiger partial charge on any atom is -0.450 e. The molecule has 0 aliphatic heterocycles. The molecule has 4 aliphatic rings. The van der Waals surface area contributed by atoms with Gasteiger partial charge < -0.3 is 9.84 Å². The first-order valence-electron chi connectivity index (χ1n) is 12.3. The lowest BCUT2D eigenvalue weighted by Crippen LogP contribution is -2.70. The normalized spacial score (nSPS) is 48.9. The van der Waals surface area contributed by atoms with Crippen LogP contribution in [0.2, 0.25) is 0 Å². The summed E-state index contributed by atoms with van der Waals surface area (Å²) in [6, 6.07) is 0. The van der Waals surface area contributed by atoms with Gasteiger partial charge in [-0.2, -0.15) is 0 Å². The van der Waals surface area contributed by atoms with Crippen LogP contribution >= 0.6 is 23.2 Å². The third kappa shape index (κ3) is 3.04. The van der Waals surface area contributed by atoms with Crippen LogP contribution in [0.1, 0.15) is 73.1 Å². The first-order chi connectivity index (χ1) is 15.3. The fourth-order valence-corrected chi connectivity index (χ4v) is 9.23. The predicted octanol–water partition coefficient (Wildman–Crippen LogP) is 4.84. The molecule has 5 nitrogen and oxygen atoms in total. The van der Waals surface area contributed by atoms with Gasteiger partial charge in [0.15, 0.2) is 17.2 Å². The molecule has 0 spiro atoms. The molecule has 9 atom stereocenters. The van der Waals surface area contributed by atoms with Gasteiger partial charge in [0.05, 0.1) is 16.9 Å². The molecule has 0 radical (unpaired) electrons. The third-order valence-corrected chi connectivity index (χ3v) is 11.2. The van der Waals surface area contributed by atoms with Crippen molar-refractivity contribution in [3.63, 3.8) is 0 Å². The van der Waals surface area contributed by atoms with Gasteiger partial charge in [-0.1, -0.05) is 40.2 Å². The van der Waals surface area contributed by atoms with Crippen molar-refractivity contribution in [1.82, 2.24) is 0 Å². The Labute approximate surface area is 206 Å². The number of hydrogen-bond donors (Lipinski definition) is 1.